The molecular weight excluding hydrogens is 226 g/mol. The Morgan fingerprint density at radius 1 is 1.44 bits per heavy atom. The van der Waals surface area contributed by atoms with Crippen LogP contribution in [0.2, 0.25) is 0 Å². The van der Waals surface area contributed by atoms with Gasteiger partial charge in [-0.15, -0.1) is 0 Å². The van der Waals surface area contributed by atoms with Crippen molar-refractivity contribution in [3.05, 3.63) is 18.2 Å². The minimum atomic E-state index is -0.188. The van der Waals surface area contributed by atoms with Gasteiger partial charge in [-0.05, 0) is 34.2 Å². The fraction of sp³-hybridized carbons (Fsp3) is 0.786. The number of nitrogens with zero attached hydrogens (tertiary/aromatic N) is 2. The molecule has 4 nitrogen and oxygen atoms in total. The number of ether oxygens (including phenoxy) is 1. The molecule has 0 amide bonds. The highest BCUT2D eigenvalue weighted by atomic mass is 16.5. The third-order valence-electron chi connectivity index (χ3n) is 3.36. The van der Waals surface area contributed by atoms with Crippen LogP contribution >= 0.6 is 0 Å². The van der Waals surface area contributed by atoms with E-state index in [-0.39, 0.29) is 11.6 Å². The monoisotopic (exact) mass is 253 g/mol. The van der Waals surface area contributed by atoms with E-state index in [1.807, 2.05) is 20.2 Å². The highest BCUT2D eigenvalue weighted by Crippen LogP contribution is 2.18. The zero-order chi connectivity index (χ0) is 13.6. The quantitative estimate of drug-likeness (QED) is 0.772. The molecule has 0 aromatic carbocycles. The Labute approximate surface area is 111 Å². The van der Waals surface area contributed by atoms with E-state index in [1.165, 1.54) is 0 Å². The van der Waals surface area contributed by atoms with Crippen molar-refractivity contribution in [1.82, 2.24) is 14.9 Å². The first-order valence-electron chi connectivity index (χ1n) is 6.86. The Hall–Kier alpha value is -0.870. The second-order valence-corrected chi connectivity index (χ2v) is 5.12. The van der Waals surface area contributed by atoms with Gasteiger partial charge in [-0.25, -0.2) is 4.98 Å². The van der Waals surface area contributed by atoms with Crippen molar-refractivity contribution >= 4 is 0 Å². The van der Waals surface area contributed by atoms with E-state index in [2.05, 4.69) is 41.8 Å². The molecule has 0 saturated carbocycles. The Bertz CT molecular complexity index is 347. The maximum atomic E-state index is 5.83. The van der Waals surface area contributed by atoms with Gasteiger partial charge in [-0.3, -0.25) is 0 Å². The zero-order valence-corrected chi connectivity index (χ0v) is 12.4. The van der Waals surface area contributed by atoms with Crippen molar-refractivity contribution in [3.63, 3.8) is 0 Å². The van der Waals surface area contributed by atoms with Crippen LogP contribution in [0.25, 0.3) is 0 Å². The summed E-state index contributed by atoms with van der Waals surface area (Å²) in [7, 11) is 1.98. The summed E-state index contributed by atoms with van der Waals surface area (Å²) >= 11 is 0. The summed E-state index contributed by atoms with van der Waals surface area (Å²) in [6, 6.07) is 0.260. The lowest BCUT2D eigenvalue weighted by molar-refractivity contribution is -0.0369. The normalized spacial score (nSPS) is 13.8. The largest absolute Gasteiger partial charge is 0.374 e. The minimum Gasteiger partial charge on any atom is -0.374 e. The standard InChI is InChI=1S/C14H27N3O/c1-6-9-17-10-8-16-13(17)11-12(15-5)14(3,4)18-7-2/h8,10,12,15H,6-7,9,11H2,1-5H3. The van der Waals surface area contributed by atoms with Crippen LogP contribution in [0.1, 0.15) is 39.9 Å². The average Bonchev–Trinajstić information content (AvgIpc) is 2.73. The van der Waals surface area contributed by atoms with Gasteiger partial charge >= 0.3 is 0 Å². The number of nitrogens with one attached hydrogen (secondary N) is 1. The van der Waals surface area contributed by atoms with Crippen LogP contribution in [0.15, 0.2) is 12.4 Å². The van der Waals surface area contributed by atoms with Crippen LogP contribution < -0.4 is 5.32 Å². The lowest BCUT2D eigenvalue weighted by atomic mass is 9.95. The lowest BCUT2D eigenvalue weighted by Gasteiger charge is -2.34. The number of hydrogen-bond donors (Lipinski definition) is 1. The molecule has 104 valence electrons. The third-order valence-corrected chi connectivity index (χ3v) is 3.36. The molecule has 1 N–H and O–H groups in total. The minimum absolute atomic E-state index is 0.188. The molecule has 1 aromatic rings. The fourth-order valence-corrected chi connectivity index (χ4v) is 2.33. The molecular formula is C14H27N3O. The van der Waals surface area contributed by atoms with Crippen molar-refractivity contribution in [2.45, 2.75) is 58.7 Å². The van der Waals surface area contributed by atoms with Crippen molar-refractivity contribution in [3.8, 4) is 0 Å². The summed E-state index contributed by atoms with van der Waals surface area (Å²) in [5.74, 6) is 1.13. The summed E-state index contributed by atoms with van der Waals surface area (Å²) in [6.45, 7) is 10.2. The predicted octanol–water partition coefficient (Wildman–Crippen LogP) is 2.24. The second kappa shape index (κ2) is 6.90. The number of likely N-dealkylation sites (N-methyl/N-ethyl adjacent to an activating group) is 1. The van der Waals surface area contributed by atoms with Crippen molar-refractivity contribution < 1.29 is 4.74 Å². The van der Waals surface area contributed by atoms with E-state index in [0.717, 1.165) is 31.8 Å². The Morgan fingerprint density at radius 3 is 2.72 bits per heavy atom. The van der Waals surface area contributed by atoms with Crippen molar-refractivity contribution in [2.24, 2.45) is 0 Å². The van der Waals surface area contributed by atoms with Gasteiger partial charge in [-0.2, -0.15) is 0 Å². The summed E-state index contributed by atoms with van der Waals surface area (Å²) < 4.78 is 8.06. The van der Waals surface area contributed by atoms with Gasteiger partial charge in [0, 0.05) is 38.0 Å². The molecule has 1 rings (SSSR count). The van der Waals surface area contributed by atoms with Gasteiger partial charge in [0.25, 0.3) is 0 Å². The number of rotatable bonds is 8. The molecule has 0 aliphatic rings. The summed E-state index contributed by atoms with van der Waals surface area (Å²) in [5.41, 5.74) is -0.188. The summed E-state index contributed by atoms with van der Waals surface area (Å²) in [4.78, 5) is 4.46. The maximum absolute atomic E-state index is 5.83. The van der Waals surface area contributed by atoms with Crippen molar-refractivity contribution in [1.29, 1.82) is 0 Å². The zero-order valence-electron chi connectivity index (χ0n) is 12.4. The highest BCUT2D eigenvalue weighted by molar-refractivity contribution is 4.99. The van der Waals surface area contributed by atoms with E-state index in [9.17, 15) is 0 Å². The molecule has 0 saturated heterocycles. The molecule has 1 unspecified atom stereocenters. The predicted molar refractivity (Wildman–Crippen MR) is 74.8 cm³/mol. The fourth-order valence-electron chi connectivity index (χ4n) is 2.33. The van der Waals surface area contributed by atoms with Gasteiger partial charge < -0.3 is 14.6 Å². The van der Waals surface area contributed by atoms with Crippen LogP contribution in [0.5, 0.6) is 0 Å². The first kappa shape index (κ1) is 15.2. The van der Waals surface area contributed by atoms with E-state index in [4.69, 9.17) is 4.74 Å². The van der Waals surface area contributed by atoms with Crippen LogP contribution in [0.4, 0.5) is 0 Å². The highest BCUT2D eigenvalue weighted by Gasteiger charge is 2.29. The number of aromatic nitrogens is 2. The van der Waals surface area contributed by atoms with Gasteiger partial charge in [0.1, 0.15) is 5.82 Å². The third kappa shape index (κ3) is 3.82. The first-order valence-corrected chi connectivity index (χ1v) is 6.86. The number of aryl methyl sites for hydroxylation is 1. The summed E-state index contributed by atoms with van der Waals surface area (Å²) in [5, 5.41) is 3.36. The molecule has 0 radical (unpaired) electrons. The molecule has 0 aliphatic heterocycles. The van der Waals surface area contributed by atoms with Crippen molar-refractivity contribution in [2.75, 3.05) is 13.7 Å². The van der Waals surface area contributed by atoms with Crippen LogP contribution in [-0.2, 0) is 17.7 Å². The molecule has 1 heterocycles. The van der Waals surface area contributed by atoms with E-state index in [0.29, 0.717) is 0 Å². The topological polar surface area (TPSA) is 39.1 Å². The molecule has 0 bridgehead atoms. The number of hydrogen-bond acceptors (Lipinski definition) is 3. The van der Waals surface area contributed by atoms with E-state index >= 15 is 0 Å². The molecule has 18 heavy (non-hydrogen) atoms. The Balaban J connectivity index is 2.76. The van der Waals surface area contributed by atoms with Gasteiger partial charge in [0.15, 0.2) is 0 Å². The van der Waals surface area contributed by atoms with Crippen LogP contribution in [-0.4, -0.2) is 34.8 Å². The Morgan fingerprint density at radius 2 is 2.17 bits per heavy atom. The Kier molecular flexibility index (Phi) is 5.82. The average molecular weight is 253 g/mol. The van der Waals surface area contributed by atoms with Crippen LogP contribution in [0, 0.1) is 0 Å². The van der Waals surface area contributed by atoms with E-state index < -0.39 is 0 Å². The number of imidazole rings is 1. The SMILES string of the molecule is CCCn1ccnc1CC(NC)C(C)(C)OCC. The van der Waals surface area contributed by atoms with E-state index in [1.54, 1.807) is 0 Å². The maximum Gasteiger partial charge on any atom is 0.110 e. The molecule has 0 spiro atoms. The van der Waals surface area contributed by atoms with Gasteiger partial charge in [0.2, 0.25) is 0 Å². The summed E-state index contributed by atoms with van der Waals surface area (Å²) in [6.07, 6.45) is 5.95. The van der Waals surface area contributed by atoms with Crippen LogP contribution in [0.3, 0.4) is 0 Å². The first-order chi connectivity index (χ1) is 8.55. The van der Waals surface area contributed by atoms with Gasteiger partial charge in [0.05, 0.1) is 5.60 Å². The molecule has 1 atom stereocenters. The molecule has 1 aromatic heterocycles. The van der Waals surface area contributed by atoms with Gasteiger partial charge in [-0.1, -0.05) is 6.92 Å². The molecule has 0 aliphatic carbocycles. The second-order valence-electron chi connectivity index (χ2n) is 5.12. The lowest BCUT2D eigenvalue weighted by Crippen LogP contribution is -2.49. The molecule has 0 fully saturated rings. The smallest absolute Gasteiger partial charge is 0.110 e. The molecule has 4 heteroatoms.